The van der Waals surface area contributed by atoms with Crippen LogP contribution in [0.15, 0.2) is 15.8 Å². The van der Waals surface area contributed by atoms with E-state index in [0.29, 0.717) is 17.7 Å². The average molecular weight is 389 g/mol. The maximum atomic E-state index is 12.2. The van der Waals surface area contributed by atoms with Crippen molar-refractivity contribution in [1.29, 1.82) is 0 Å². The highest BCUT2D eigenvalue weighted by Gasteiger charge is 2.37. The summed E-state index contributed by atoms with van der Waals surface area (Å²) in [7, 11) is 1.38. The minimum Gasteiger partial charge on any atom is -0.469 e. The number of thioether (sulfide) groups is 2. The Morgan fingerprint density at radius 2 is 2.24 bits per heavy atom. The maximum Gasteiger partial charge on any atom is 0.330 e. The summed E-state index contributed by atoms with van der Waals surface area (Å²) in [5.74, 6) is 2.14. The smallest absolute Gasteiger partial charge is 0.330 e. The molecule has 1 aromatic heterocycles. The summed E-state index contributed by atoms with van der Waals surface area (Å²) in [6.45, 7) is 3.74. The Kier molecular flexibility index (Phi) is 7.64. The van der Waals surface area contributed by atoms with Crippen LogP contribution >= 0.6 is 23.5 Å². The number of hydrogen-bond acceptors (Lipinski definition) is 7. The van der Waals surface area contributed by atoms with E-state index < -0.39 is 5.69 Å². The first-order valence-corrected chi connectivity index (χ1v) is 10.4. The SMILES string of the molecule is CCS[C@@H]1C[C@@H](CSCCC(=O)OC)O[C@H]1n1cc(C)c(=O)[nH]c1=O. The number of rotatable bonds is 8. The summed E-state index contributed by atoms with van der Waals surface area (Å²) in [4.78, 5) is 37.2. The molecule has 25 heavy (non-hydrogen) atoms. The second kappa shape index (κ2) is 9.49. The lowest BCUT2D eigenvalue weighted by Crippen LogP contribution is -2.35. The molecule has 3 atom stereocenters. The molecule has 9 heteroatoms. The van der Waals surface area contributed by atoms with Crippen molar-refractivity contribution in [3.05, 3.63) is 32.6 Å². The Bertz CT molecular complexity index is 703. The van der Waals surface area contributed by atoms with Crippen molar-refractivity contribution >= 4 is 29.5 Å². The van der Waals surface area contributed by atoms with Crippen LogP contribution in [-0.4, -0.2) is 51.2 Å². The molecule has 1 saturated heterocycles. The summed E-state index contributed by atoms with van der Waals surface area (Å²) < 4.78 is 12.2. The normalized spacial score (nSPS) is 22.9. The van der Waals surface area contributed by atoms with Gasteiger partial charge in [-0.2, -0.15) is 23.5 Å². The van der Waals surface area contributed by atoms with Crippen LogP contribution in [0.25, 0.3) is 0 Å². The molecule has 0 aliphatic carbocycles. The van der Waals surface area contributed by atoms with Gasteiger partial charge in [-0.05, 0) is 19.1 Å². The fourth-order valence-corrected chi connectivity index (χ4v) is 4.77. The highest BCUT2D eigenvalue weighted by Crippen LogP contribution is 2.37. The van der Waals surface area contributed by atoms with Crippen LogP contribution in [0.2, 0.25) is 0 Å². The lowest BCUT2D eigenvalue weighted by Gasteiger charge is -2.20. The molecule has 1 aromatic rings. The zero-order valence-corrected chi connectivity index (χ0v) is 16.3. The van der Waals surface area contributed by atoms with Crippen LogP contribution in [0.1, 0.15) is 31.6 Å². The zero-order chi connectivity index (χ0) is 18.4. The summed E-state index contributed by atoms with van der Waals surface area (Å²) in [6, 6.07) is 0. The van der Waals surface area contributed by atoms with Crippen molar-refractivity contribution in [2.45, 2.75) is 44.3 Å². The van der Waals surface area contributed by atoms with Crippen molar-refractivity contribution in [3.63, 3.8) is 0 Å². The van der Waals surface area contributed by atoms with Gasteiger partial charge in [0.05, 0.1) is 24.9 Å². The van der Waals surface area contributed by atoms with Crippen LogP contribution in [0.4, 0.5) is 0 Å². The van der Waals surface area contributed by atoms with E-state index in [1.54, 1.807) is 36.6 Å². The number of aryl methyl sites for hydroxylation is 1. The molecule has 140 valence electrons. The van der Waals surface area contributed by atoms with Gasteiger partial charge in [0, 0.05) is 23.3 Å². The largest absolute Gasteiger partial charge is 0.469 e. The molecule has 0 saturated carbocycles. The molecular weight excluding hydrogens is 364 g/mol. The van der Waals surface area contributed by atoms with E-state index in [1.165, 1.54) is 11.7 Å². The number of aromatic amines is 1. The minimum atomic E-state index is -0.443. The fraction of sp³-hybridized carbons (Fsp3) is 0.688. The van der Waals surface area contributed by atoms with Crippen molar-refractivity contribution in [1.82, 2.24) is 9.55 Å². The summed E-state index contributed by atoms with van der Waals surface area (Å²) >= 11 is 3.39. The third-order valence-electron chi connectivity index (χ3n) is 3.93. The van der Waals surface area contributed by atoms with Gasteiger partial charge in [-0.1, -0.05) is 6.92 Å². The van der Waals surface area contributed by atoms with Crippen LogP contribution in [0.5, 0.6) is 0 Å². The molecular formula is C16H24N2O5S2. The zero-order valence-electron chi connectivity index (χ0n) is 14.6. The topological polar surface area (TPSA) is 90.4 Å². The van der Waals surface area contributed by atoms with Crippen LogP contribution in [0.3, 0.4) is 0 Å². The molecule has 0 spiro atoms. The first-order valence-electron chi connectivity index (χ1n) is 8.20. The molecule has 1 N–H and O–H groups in total. The van der Waals surface area contributed by atoms with E-state index in [0.717, 1.165) is 17.9 Å². The molecule has 1 fully saturated rings. The molecule has 2 heterocycles. The molecule has 7 nitrogen and oxygen atoms in total. The van der Waals surface area contributed by atoms with Gasteiger partial charge in [0.2, 0.25) is 0 Å². The van der Waals surface area contributed by atoms with Gasteiger partial charge in [-0.25, -0.2) is 4.79 Å². The number of esters is 1. The molecule has 1 aliphatic rings. The Labute approximate surface area is 154 Å². The Hall–Kier alpha value is -1.19. The lowest BCUT2D eigenvalue weighted by molar-refractivity contribution is -0.140. The van der Waals surface area contributed by atoms with Crippen molar-refractivity contribution in [3.8, 4) is 0 Å². The number of ether oxygens (including phenoxy) is 2. The number of nitrogens with zero attached hydrogens (tertiary/aromatic N) is 1. The predicted molar refractivity (Wildman–Crippen MR) is 100 cm³/mol. The second-order valence-electron chi connectivity index (χ2n) is 5.76. The van der Waals surface area contributed by atoms with E-state index in [4.69, 9.17) is 4.74 Å². The van der Waals surface area contributed by atoms with Gasteiger partial charge < -0.3 is 9.47 Å². The number of H-pyrrole nitrogens is 1. The Morgan fingerprint density at radius 3 is 2.92 bits per heavy atom. The number of aromatic nitrogens is 2. The number of hydrogen-bond donors (Lipinski definition) is 1. The number of carbonyl (C=O) groups is 1. The lowest BCUT2D eigenvalue weighted by atomic mass is 10.2. The second-order valence-corrected chi connectivity index (χ2v) is 8.42. The van der Waals surface area contributed by atoms with E-state index in [9.17, 15) is 14.4 Å². The molecule has 0 radical (unpaired) electrons. The fourth-order valence-electron chi connectivity index (χ4n) is 2.68. The number of nitrogens with one attached hydrogen (secondary N) is 1. The van der Waals surface area contributed by atoms with E-state index in [2.05, 4.69) is 16.6 Å². The van der Waals surface area contributed by atoms with Crippen LogP contribution in [0, 0.1) is 6.92 Å². The molecule has 2 rings (SSSR count). The van der Waals surface area contributed by atoms with Crippen LogP contribution in [-0.2, 0) is 14.3 Å². The third-order valence-corrected chi connectivity index (χ3v) is 6.21. The van der Waals surface area contributed by atoms with Gasteiger partial charge in [-0.15, -0.1) is 0 Å². The van der Waals surface area contributed by atoms with E-state index >= 15 is 0 Å². The first-order chi connectivity index (χ1) is 12.0. The Balaban J connectivity index is 2.03. The highest BCUT2D eigenvalue weighted by atomic mass is 32.2. The number of carbonyl (C=O) groups excluding carboxylic acids is 1. The average Bonchev–Trinajstić information content (AvgIpc) is 2.97. The summed E-state index contributed by atoms with van der Waals surface area (Å²) in [5.41, 5.74) is -0.325. The maximum absolute atomic E-state index is 12.2. The minimum absolute atomic E-state index is 0.0100. The Morgan fingerprint density at radius 1 is 1.48 bits per heavy atom. The first kappa shape index (κ1) is 20.1. The standard InChI is InChI=1S/C16H24N2O5S2/c1-4-25-12-7-11(9-24-6-5-13(19)22-3)23-15(12)18-8-10(2)14(20)17-16(18)21/h8,11-12,15H,4-7,9H2,1-3H3,(H,17,20,21)/t11-,12+,15+/m0/s1. The predicted octanol–water partition coefficient (Wildman–Crippen LogP) is 1.55. The van der Waals surface area contributed by atoms with Gasteiger partial charge in [0.1, 0.15) is 6.23 Å². The summed E-state index contributed by atoms with van der Waals surface area (Å²) in [6.07, 6.45) is 2.40. The molecule has 1 aliphatic heterocycles. The van der Waals surface area contributed by atoms with Gasteiger partial charge in [0.15, 0.2) is 0 Å². The molecule has 0 unspecified atom stereocenters. The van der Waals surface area contributed by atoms with Crippen molar-refractivity contribution in [2.24, 2.45) is 0 Å². The van der Waals surface area contributed by atoms with Crippen LogP contribution < -0.4 is 11.2 Å². The van der Waals surface area contributed by atoms with E-state index in [-0.39, 0.29) is 29.1 Å². The van der Waals surface area contributed by atoms with Gasteiger partial charge in [0.25, 0.3) is 5.56 Å². The molecule has 0 amide bonds. The molecule has 0 bridgehead atoms. The number of methoxy groups -OCH3 is 1. The monoisotopic (exact) mass is 388 g/mol. The van der Waals surface area contributed by atoms with Crippen molar-refractivity contribution < 1.29 is 14.3 Å². The van der Waals surface area contributed by atoms with Gasteiger partial charge in [-0.3, -0.25) is 19.1 Å². The quantitative estimate of drug-likeness (QED) is 0.534. The molecule has 0 aromatic carbocycles. The highest BCUT2D eigenvalue weighted by molar-refractivity contribution is 8.00. The summed E-state index contributed by atoms with van der Waals surface area (Å²) in [5, 5.41) is 0.152. The third kappa shape index (κ3) is 5.39. The van der Waals surface area contributed by atoms with Gasteiger partial charge >= 0.3 is 11.7 Å². The van der Waals surface area contributed by atoms with E-state index in [1.807, 2.05) is 0 Å². The van der Waals surface area contributed by atoms with Crippen molar-refractivity contribution in [2.75, 3.05) is 24.4 Å².